The van der Waals surface area contributed by atoms with Crippen LogP contribution in [-0.2, 0) is 0 Å². The smallest absolute Gasteiger partial charge is 0.0116 e. The predicted octanol–water partition coefficient (Wildman–Crippen LogP) is 2.84. The first-order valence-corrected chi connectivity index (χ1v) is 7.90. The van der Waals surface area contributed by atoms with E-state index < -0.39 is 0 Å². The number of nitrogens with one attached hydrogen (secondary N) is 1. The number of nitrogens with zero attached hydrogens (tertiary/aromatic N) is 1. The van der Waals surface area contributed by atoms with Crippen molar-refractivity contribution in [3.63, 3.8) is 0 Å². The molecule has 0 bridgehead atoms. The van der Waals surface area contributed by atoms with Crippen molar-refractivity contribution in [3.8, 4) is 0 Å². The third-order valence-corrected chi connectivity index (χ3v) is 5.37. The highest BCUT2D eigenvalue weighted by atomic mass is 32.2. The van der Waals surface area contributed by atoms with Crippen LogP contribution in [0.15, 0.2) is 0 Å². The molecule has 0 aliphatic carbocycles. The topological polar surface area (TPSA) is 15.3 Å². The van der Waals surface area contributed by atoms with Crippen molar-refractivity contribution in [2.24, 2.45) is 5.41 Å². The van der Waals surface area contributed by atoms with Crippen LogP contribution >= 0.6 is 11.8 Å². The summed E-state index contributed by atoms with van der Waals surface area (Å²) in [5.41, 5.74) is 0.425. The fourth-order valence-corrected chi connectivity index (χ4v) is 3.62. The molecule has 1 aliphatic heterocycles. The third-order valence-electron chi connectivity index (χ3n) is 3.99. The van der Waals surface area contributed by atoms with E-state index in [0.29, 0.717) is 10.2 Å². The second-order valence-corrected chi connectivity index (χ2v) is 8.13. The molecule has 1 heterocycles. The summed E-state index contributed by atoms with van der Waals surface area (Å²) < 4.78 is 0.473. The van der Waals surface area contributed by atoms with Gasteiger partial charge in [-0.25, -0.2) is 0 Å². The van der Waals surface area contributed by atoms with Gasteiger partial charge in [-0.3, -0.25) is 0 Å². The molecule has 0 amide bonds. The van der Waals surface area contributed by atoms with Gasteiger partial charge < -0.3 is 10.2 Å². The summed E-state index contributed by atoms with van der Waals surface area (Å²) in [5, 5.41) is 3.35. The van der Waals surface area contributed by atoms with Crippen LogP contribution in [0.2, 0.25) is 0 Å². The zero-order valence-electron chi connectivity index (χ0n) is 12.3. The molecule has 1 saturated heterocycles. The molecule has 0 aromatic rings. The van der Waals surface area contributed by atoms with E-state index in [1.54, 1.807) is 0 Å². The van der Waals surface area contributed by atoms with Gasteiger partial charge in [0.25, 0.3) is 0 Å². The van der Waals surface area contributed by atoms with Crippen molar-refractivity contribution in [2.75, 3.05) is 39.0 Å². The molecule has 1 atom stereocenters. The summed E-state index contributed by atoms with van der Waals surface area (Å²) >= 11 is 2.13. The van der Waals surface area contributed by atoms with Crippen molar-refractivity contribution >= 4 is 11.8 Å². The Kier molecular flexibility index (Phi) is 5.81. The Bertz CT molecular complexity index is 230. The van der Waals surface area contributed by atoms with E-state index in [2.05, 4.69) is 56.7 Å². The summed E-state index contributed by atoms with van der Waals surface area (Å²) in [5.74, 6) is 1.28. The number of hydrogen-bond donors (Lipinski definition) is 1. The molecule has 1 unspecified atom stereocenters. The lowest BCUT2D eigenvalue weighted by Crippen LogP contribution is -2.42. The Hall–Kier alpha value is 0.270. The Morgan fingerprint density at radius 3 is 2.65 bits per heavy atom. The SMILES string of the molecule is CCC(C)(CNC)CN1CCSC(C)(C)CC1. The van der Waals surface area contributed by atoms with Crippen molar-refractivity contribution in [1.82, 2.24) is 10.2 Å². The van der Waals surface area contributed by atoms with E-state index in [-0.39, 0.29) is 0 Å². The fraction of sp³-hybridized carbons (Fsp3) is 1.00. The maximum absolute atomic E-state index is 3.35. The Labute approximate surface area is 112 Å². The molecule has 102 valence electrons. The zero-order valence-corrected chi connectivity index (χ0v) is 13.1. The fourth-order valence-electron chi connectivity index (χ4n) is 2.48. The summed E-state index contributed by atoms with van der Waals surface area (Å²) in [6, 6.07) is 0. The van der Waals surface area contributed by atoms with Crippen LogP contribution in [0.1, 0.15) is 40.5 Å². The van der Waals surface area contributed by atoms with E-state index in [0.717, 1.165) is 6.54 Å². The molecule has 3 heteroatoms. The maximum atomic E-state index is 3.35. The second kappa shape index (κ2) is 6.44. The van der Waals surface area contributed by atoms with E-state index in [9.17, 15) is 0 Å². The predicted molar refractivity (Wildman–Crippen MR) is 79.9 cm³/mol. The van der Waals surface area contributed by atoms with Gasteiger partial charge in [-0.15, -0.1) is 0 Å². The molecular weight excluding hydrogens is 228 g/mol. The first kappa shape index (κ1) is 15.3. The molecule has 2 nitrogen and oxygen atoms in total. The van der Waals surface area contributed by atoms with Crippen molar-refractivity contribution < 1.29 is 0 Å². The lowest BCUT2D eigenvalue weighted by molar-refractivity contribution is 0.162. The standard InChI is InChI=1S/C14H30N2S/c1-6-14(4,11-15-5)12-16-8-7-13(2,3)17-10-9-16/h15H,6-12H2,1-5H3. The van der Waals surface area contributed by atoms with Crippen LogP contribution in [0.25, 0.3) is 0 Å². The highest BCUT2D eigenvalue weighted by Crippen LogP contribution is 2.32. The highest BCUT2D eigenvalue weighted by Gasteiger charge is 2.28. The van der Waals surface area contributed by atoms with E-state index >= 15 is 0 Å². The van der Waals surface area contributed by atoms with Crippen LogP contribution in [0.4, 0.5) is 0 Å². The summed E-state index contributed by atoms with van der Waals surface area (Å²) in [7, 11) is 2.06. The van der Waals surface area contributed by atoms with Gasteiger partial charge in [0.1, 0.15) is 0 Å². The van der Waals surface area contributed by atoms with Crippen LogP contribution < -0.4 is 5.32 Å². The lowest BCUT2D eigenvalue weighted by Gasteiger charge is -2.34. The second-order valence-electron chi connectivity index (χ2n) is 6.33. The van der Waals surface area contributed by atoms with Gasteiger partial charge in [-0.2, -0.15) is 11.8 Å². The minimum atomic E-state index is 0.425. The van der Waals surface area contributed by atoms with Crippen molar-refractivity contribution in [1.29, 1.82) is 0 Å². The van der Waals surface area contributed by atoms with Gasteiger partial charge in [0.15, 0.2) is 0 Å². The molecule has 1 rings (SSSR count). The Balaban J connectivity index is 2.50. The first-order valence-electron chi connectivity index (χ1n) is 6.92. The van der Waals surface area contributed by atoms with E-state index in [1.165, 1.54) is 38.2 Å². The number of hydrogen-bond acceptors (Lipinski definition) is 3. The quantitative estimate of drug-likeness (QED) is 0.816. The average molecular weight is 258 g/mol. The molecule has 1 fully saturated rings. The lowest BCUT2D eigenvalue weighted by atomic mass is 9.86. The summed E-state index contributed by atoms with van der Waals surface area (Å²) in [6.07, 6.45) is 2.57. The summed E-state index contributed by atoms with van der Waals surface area (Å²) in [6.45, 7) is 14.4. The largest absolute Gasteiger partial charge is 0.319 e. The van der Waals surface area contributed by atoms with Crippen LogP contribution in [0.5, 0.6) is 0 Å². The Morgan fingerprint density at radius 2 is 2.06 bits per heavy atom. The monoisotopic (exact) mass is 258 g/mol. The summed E-state index contributed by atoms with van der Waals surface area (Å²) in [4.78, 5) is 2.67. The minimum absolute atomic E-state index is 0.425. The molecule has 1 N–H and O–H groups in total. The van der Waals surface area contributed by atoms with Gasteiger partial charge in [-0.05, 0) is 31.8 Å². The Morgan fingerprint density at radius 1 is 1.35 bits per heavy atom. The van der Waals surface area contributed by atoms with Gasteiger partial charge in [0.2, 0.25) is 0 Å². The molecule has 1 aliphatic rings. The minimum Gasteiger partial charge on any atom is -0.319 e. The van der Waals surface area contributed by atoms with Gasteiger partial charge in [-0.1, -0.05) is 27.7 Å². The molecule has 0 aromatic carbocycles. The first-order chi connectivity index (χ1) is 7.91. The molecular formula is C14H30N2S. The average Bonchev–Trinajstić information content (AvgIpc) is 2.41. The number of thioether (sulfide) groups is 1. The third kappa shape index (κ3) is 5.19. The molecule has 0 radical (unpaired) electrons. The number of rotatable bonds is 5. The van der Waals surface area contributed by atoms with Crippen LogP contribution in [0, 0.1) is 5.41 Å². The van der Waals surface area contributed by atoms with Crippen molar-refractivity contribution in [2.45, 2.75) is 45.3 Å². The zero-order chi connectivity index (χ0) is 12.9. The maximum Gasteiger partial charge on any atom is 0.0116 e. The van der Waals surface area contributed by atoms with Gasteiger partial charge in [0, 0.05) is 30.1 Å². The highest BCUT2D eigenvalue weighted by molar-refractivity contribution is 8.00. The van der Waals surface area contributed by atoms with E-state index in [4.69, 9.17) is 0 Å². The molecule has 0 saturated carbocycles. The normalized spacial score (nSPS) is 25.2. The van der Waals surface area contributed by atoms with Crippen LogP contribution in [0.3, 0.4) is 0 Å². The van der Waals surface area contributed by atoms with Crippen LogP contribution in [-0.4, -0.2) is 48.6 Å². The molecule has 0 spiro atoms. The van der Waals surface area contributed by atoms with Gasteiger partial charge >= 0.3 is 0 Å². The van der Waals surface area contributed by atoms with E-state index in [1.807, 2.05) is 0 Å². The molecule has 0 aromatic heterocycles. The van der Waals surface area contributed by atoms with Gasteiger partial charge in [0.05, 0.1) is 0 Å². The van der Waals surface area contributed by atoms with Crippen molar-refractivity contribution in [3.05, 3.63) is 0 Å². The molecule has 17 heavy (non-hydrogen) atoms.